The van der Waals surface area contributed by atoms with Crippen LogP contribution < -0.4 is 5.43 Å². The number of hydrazone groups is 1. The van der Waals surface area contributed by atoms with Crippen LogP contribution in [0, 0.1) is 0 Å². The van der Waals surface area contributed by atoms with Gasteiger partial charge < -0.3 is 5.11 Å². The maximum atomic E-state index is 11.9. The van der Waals surface area contributed by atoms with Crippen LogP contribution >= 0.6 is 0 Å². The summed E-state index contributed by atoms with van der Waals surface area (Å²) in [5.41, 5.74) is 5.65. The third-order valence-corrected chi connectivity index (χ3v) is 3.38. The molecule has 4 nitrogen and oxygen atoms in total. The van der Waals surface area contributed by atoms with Crippen molar-refractivity contribution in [2.45, 2.75) is 12.8 Å². The number of carbonyl (C=O) groups is 1. The van der Waals surface area contributed by atoms with E-state index in [9.17, 15) is 9.90 Å². The summed E-state index contributed by atoms with van der Waals surface area (Å²) >= 11 is 0. The standard InChI is InChI=1S/C16H14N2O2/c19-14-8-4-7-11-9-10-13(15(11)14)17-18-16(20)12-5-2-1-3-6-12/h1-8,19H,9-10H2,(H,18,20). The number of phenols is 1. The van der Waals surface area contributed by atoms with E-state index in [0.29, 0.717) is 5.56 Å². The van der Waals surface area contributed by atoms with Crippen LogP contribution in [0.4, 0.5) is 0 Å². The molecule has 2 aromatic rings. The first-order valence-corrected chi connectivity index (χ1v) is 6.49. The van der Waals surface area contributed by atoms with E-state index < -0.39 is 0 Å². The van der Waals surface area contributed by atoms with Gasteiger partial charge in [-0.15, -0.1) is 0 Å². The molecule has 0 saturated heterocycles. The number of hydrogen-bond donors (Lipinski definition) is 2. The van der Waals surface area contributed by atoms with Crippen LogP contribution in [0.15, 0.2) is 53.6 Å². The van der Waals surface area contributed by atoms with Gasteiger partial charge in [-0.05, 0) is 36.6 Å². The number of nitrogens with zero attached hydrogens (tertiary/aromatic N) is 1. The monoisotopic (exact) mass is 266 g/mol. The number of aromatic hydroxyl groups is 1. The molecule has 4 heteroatoms. The Hall–Kier alpha value is -2.62. The molecule has 0 fully saturated rings. The van der Waals surface area contributed by atoms with Gasteiger partial charge in [-0.2, -0.15) is 5.10 Å². The normalized spacial score (nSPS) is 15.1. The van der Waals surface area contributed by atoms with Crippen molar-refractivity contribution in [3.8, 4) is 5.75 Å². The molecule has 0 spiro atoms. The second kappa shape index (κ2) is 5.17. The Labute approximate surface area is 116 Å². The molecule has 3 rings (SSSR count). The minimum atomic E-state index is -0.248. The molecule has 20 heavy (non-hydrogen) atoms. The van der Waals surface area contributed by atoms with Gasteiger partial charge in [-0.25, -0.2) is 5.43 Å². The SMILES string of the molecule is O=C(NN=C1CCc2cccc(O)c21)c1ccccc1. The van der Waals surface area contributed by atoms with Crippen molar-refractivity contribution in [3.05, 3.63) is 65.2 Å². The molecule has 1 aliphatic rings. The van der Waals surface area contributed by atoms with E-state index >= 15 is 0 Å². The van der Waals surface area contributed by atoms with Gasteiger partial charge in [0.25, 0.3) is 5.91 Å². The summed E-state index contributed by atoms with van der Waals surface area (Å²) in [7, 11) is 0. The largest absolute Gasteiger partial charge is 0.507 e. The maximum Gasteiger partial charge on any atom is 0.271 e. The molecule has 2 N–H and O–H groups in total. The highest BCUT2D eigenvalue weighted by molar-refractivity contribution is 6.07. The summed E-state index contributed by atoms with van der Waals surface area (Å²) < 4.78 is 0. The summed E-state index contributed by atoms with van der Waals surface area (Å²) in [6.45, 7) is 0. The third kappa shape index (κ3) is 2.28. The van der Waals surface area contributed by atoms with Gasteiger partial charge in [0.15, 0.2) is 0 Å². The lowest BCUT2D eigenvalue weighted by Gasteiger charge is -2.04. The Balaban J connectivity index is 1.81. The smallest absolute Gasteiger partial charge is 0.271 e. The number of benzene rings is 2. The van der Waals surface area contributed by atoms with Gasteiger partial charge in [-0.3, -0.25) is 4.79 Å². The summed E-state index contributed by atoms with van der Waals surface area (Å²) in [5.74, 6) is -0.0327. The van der Waals surface area contributed by atoms with Crippen LogP contribution in [0.5, 0.6) is 5.75 Å². The van der Waals surface area contributed by atoms with Crippen LogP contribution in [0.3, 0.4) is 0 Å². The summed E-state index contributed by atoms with van der Waals surface area (Å²) in [5, 5.41) is 14.0. The van der Waals surface area contributed by atoms with Crippen LogP contribution in [-0.2, 0) is 6.42 Å². The zero-order chi connectivity index (χ0) is 13.9. The van der Waals surface area contributed by atoms with Crippen molar-refractivity contribution in [2.75, 3.05) is 0 Å². The number of amides is 1. The second-order valence-electron chi connectivity index (χ2n) is 4.68. The van der Waals surface area contributed by atoms with E-state index in [2.05, 4.69) is 10.5 Å². The molecule has 0 unspecified atom stereocenters. The van der Waals surface area contributed by atoms with E-state index in [4.69, 9.17) is 0 Å². The first-order valence-electron chi connectivity index (χ1n) is 6.49. The molecule has 0 heterocycles. The number of fused-ring (bicyclic) bond motifs is 1. The first-order chi connectivity index (χ1) is 9.75. The van der Waals surface area contributed by atoms with Crippen LogP contribution in [-0.4, -0.2) is 16.7 Å². The molecule has 0 radical (unpaired) electrons. The topological polar surface area (TPSA) is 61.7 Å². The number of phenolic OH excluding ortho intramolecular Hbond substituents is 1. The Bertz CT molecular complexity index is 678. The molecule has 100 valence electrons. The van der Waals surface area contributed by atoms with Gasteiger partial charge in [-0.1, -0.05) is 30.3 Å². The highest BCUT2D eigenvalue weighted by Gasteiger charge is 2.21. The molecular weight excluding hydrogens is 252 g/mol. The Kier molecular flexibility index (Phi) is 3.21. The van der Waals surface area contributed by atoms with Crippen molar-refractivity contribution in [1.82, 2.24) is 5.43 Å². The lowest BCUT2D eigenvalue weighted by atomic mass is 10.1. The molecule has 2 aromatic carbocycles. The second-order valence-corrected chi connectivity index (χ2v) is 4.68. The fourth-order valence-corrected chi connectivity index (χ4v) is 2.39. The number of carbonyl (C=O) groups excluding carboxylic acids is 1. The van der Waals surface area contributed by atoms with E-state index in [-0.39, 0.29) is 11.7 Å². The fraction of sp³-hybridized carbons (Fsp3) is 0.125. The van der Waals surface area contributed by atoms with Crippen molar-refractivity contribution in [1.29, 1.82) is 0 Å². The highest BCUT2D eigenvalue weighted by Crippen LogP contribution is 2.29. The summed E-state index contributed by atoms with van der Waals surface area (Å²) in [4.78, 5) is 11.9. The molecular formula is C16H14N2O2. The predicted molar refractivity (Wildman–Crippen MR) is 76.9 cm³/mol. The lowest BCUT2D eigenvalue weighted by molar-refractivity contribution is 0.0955. The Morgan fingerprint density at radius 3 is 2.65 bits per heavy atom. The molecule has 0 atom stereocenters. The molecule has 0 aliphatic heterocycles. The van der Waals surface area contributed by atoms with Gasteiger partial charge >= 0.3 is 0 Å². The summed E-state index contributed by atoms with van der Waals surface area (Å²) in [6, 6.07) is 14.4. The Morgan fingerprint density at radius 2 is 1.85 bits per heavy atom. The third-order valence-electron chi connectivity index (χ3n) is 3.38. The molecule has 1 aliphatic carbocycles. The van der Waals surface area contributed by atoms with Crippen molar-refractivity contribution in [2.24, 2.45) is 5.10 Å². The number of nitrogens with one attached hydrogen (secondary N) is 1. The lowest BCUT2D eigenvalue weighted by Crippen LogP contribution is -2.19. The molecule has 0 bridgehead atoms. The quantitative estimate of drug-likeness (QED) is 0.820. The minimum Gasteiger partial charge on any atom is -0.507 e. The number of aryl methyl sites for hydroxylation is 1. The zero-order valence-electron chi connectivity index (χ0n) is 10.8. The van der Waals surface area contributed by atoms with Gasteiger partial charge in [0.2, 0.25) is 0 Å². The van der Waals surface area contributed by atoms with Gasteiger partial charge in [0, 0.05) is 11.1 Å². The van der Waals surface area contributed by atoms with Crippen molar-refractivity contribution < 1.29 is 9.90 Å². The van der Waals surface area contributed by atoms with Crippen LogP contribution in [0.25, 0.3) is 0 Å². The van der Waals surface area contributed by atoms with Gasteiger partial charge in [0.1, 0.15) is 5.75 Å². The van der Waals surface area contributed by atoms with Crippen molar-refractivity contribution >= 4 is 11.6 Å². The van der Waals surface area contributed by atoms with Crippen molar-refractivity contribution in [3.63, 3.8) is 0 Å². The first kappa shape index (κ1) is 12.4. The average Bonchev–Trinajstić information content (AvgIpc) is 2.90. The average molecular weight is 266 g/mol. The van der Waals surface area contributed by atoms with Gasteiger partial charge in [0.05, 0.1) is 5.71 Å². The zero-order valence-corrected chi connectivity index (χ0v) is 10.8. The maximum absolute atomic E-state index is 11.9. The van der Waals surface area contributed by atoms with E-state index in [1.165, 1.54) is 0 Å². The minimum absolute atomic E-state index is 0.215. The molecule has 1 amide bonds. The number of rotatable bonds is 2. The van der Waals surface area contributed by atoms with E-state index in [0.717, 1.165) is 29.7 Å². The van der Waals surface area contributed by atoms with Crippen LogP contribution in [0.2, 0.25) is 0 Å². The Morgan fingerprint density at radius 1 is 1.05 bits per heavy atom. The molecule has 0 aromatic heterocycles. The van der Waals surface area contributed by atoms with E-state index in [1.54, 1.807) is 30.3 Å². The fourth-order valence-electron chi connectivity index (χ4n) is 2.39. The number of hydrogen-bond acceptors (Lipinski definition) is 3. The van der Waals surface area contributed by atoms with Crippen LogP contribution in [0.1, 0.15) is 27.9 Å². The summed E-state index contributed by atoms with van der Waals surface area (Å²) in [6.07, 6.45) is 1.56. The highest BCUT2D eigenvalue weighted by atomic mass is 16.3. The molecule has 0 saturated carbocycles. The predicted octanol–water partition coefficient (Wildman–Crippen LogP) is 2.47. The van der Waals surface area contributed by atoms with E-state index in [1.807, 2.05) is 18.2 Å².